The molecule has 7 heteroatoms. The third-order valence-electron chi connectivity index (χ3n) is 4.20. The molecule has 0 spiro atoms. The molecule has 2 aliphatic heterocycles. The van der Waals surface area contributed by atoms with Gasteiger partial charge in [-0.1, -0.05) is 12.1 Å². The zero-order valence-corrected chi connectivity index (χ0v) is 13.4. The minimum atomic E-state index is -0.930. The second-order valence-electron chi connectivity index (χ2n) is 5.51. The van der Waals surface area contributed by atoms with Crippen molar-refractivity contribution in [1.29, 1.82) is 0 Å². The molecule has 23 heavy (non-hydrogen) atoms. The number of hydrogen-bond acceptors (Lipinski definition) is 7. The molecule has 7 nitrogen and oxygen atoms in total. The summed E-state index contributed by atoms with van der Waals surface area (Å²) in [4.78, 5) is 0. The van der Waals surface area contributed by atoms with Gasteiger partial charge in [0.25, 0.3) is 0 Å². The normalized spacial score (nSPS) is 37.2. The summed E-state index contributed by atoms with van der Waals surface area (Å²) in [5.74, 6) is 0.761. The van der Waals surface area contributed by atoms with Gasteiger partial charge in [-0.3, -0.25) is 0 Å². The van der Waals surface area contributed by atoms with Crippen LogP contribution in [0.15, 0.2) is 24.3 Å². The number of aliphatic hydroxyl groups excluding tert-OH is 1. The van der Waals surface area contributed by atoms with E-state index in [4.69, 9.17) is 28.4 Å². The van der Waals surface area contributed by atoms with Gasteiger partial charge in [0.2, 0.25) is 0 Å². The highest BCUT2D eigenvalue weighted by Gasteiger charge is 2.49. The summed E-state index contributed by atoms with van der Waals surface area (Å²) in [6.45, 7) is 0.327. The number of fused-ring (bicyclic) bond motifs is 1. The molecule has 2 heterocycles. The highest BCUT2D eigenvalue weighted by molar-refractivity contribution is 5.28. The maximum Gasteiger partial charge on any atom is 0.186 e. The number of benzene rings is 1. The van der Waals surface area contributed by atoms with Gasteiger partial charge in [-0.2, -0.15) is 0 Å². The number of aliphatic hydroxyl groups is 1. The fraction of sp³-hybridized carbons (Fsp3) is 0.625. The topological polar surface area (TPSA) is 75.6 Å². The molecule has 128 valence electrons. The Morgan fingerprint density at radius 1 is 1.04 bits per heavy atom. The summed E-state index contributed by atoms with van der Waals surface area (Å²) in [7, 11) is 4.62. The van der Waals surface area contributed by atoms with E-state index < -0.39 is 30.9 Å². The molecule has 1 unspecified atom stereocenters. The second-order valence-corrected chi connectivity index (χ2v) is 5.51. The molecule has 0 radical (unpaired) electrons. The highest BCUT2D eigenvalue weighted by atomic mass is 16.8. The Bertz CT molecular complexity index is 506. The van der Waals surface area contributed by atoms with Gasteiger partial charge in [-0.05, 0) is 12.1 Å². The molecule has 2 fully saturated rings. The van der Waals surface area contributed by atoms with E-state index in [0.717, 1.165) is 11.3 Å². The quantitative estimate of drug-likeness (QED) is 0.879. The summed E-state index contributed by atoms with van der Waals surface area (Å²) in [6, 6.07) is 7.44. The fourth-order valence-electron chi connectivity index (χ4n) is 2.96. The number of methoxy groups -OCH3 is 3. The summed E-state index contributed by atoms with van der Waals surface area (Å²) in [5.41, 5.74) is 0.863. The van der Waals surface area contributed by atoms with Gasteiger partial charge in [0.1, 0.15) is 30.2 Å². The van der Waals surface area contributed by atoms with E-state index in [1.807, 2.05) is 24.3 Å². The fourth-order valence-corrected chi connectivity index (χ4v) is 2.96. The van der Waals surface area contributed by atoms with Crippen molar-refractivity contribution in [3.8, 4) is 5.75 Å². The predicted octanol–water partition coefficient (Wildman–Crippen LogP) is 0.856. The van der Waals surface area contributed by atoms with E-state index in [-0.39, 0.29) is 6.10 Å². The molecule has 0 aromatic heterocycles. The first-order chi connectivity index (χ1) is 11.2. The lowest BCUT2D eigenvalue weighted by atomic mass is 9.97. The monoisotopic (exact) mass is 326 g/mol. The van der Waals surface area contributed by atoms with Crippen LogP contribution < -0.4 is 4.74 Å². The van der Waals surface area contributed by atoms with Crippen molar-refractivity contribution in [1.82, 2.24) is 0 Å². The Morgan fingerprint density at radius 2 is 1.78 bits per heavy atom. The van der Waals surface area contributed by atoms with Crippen molar-refractivity contribution in [2.24, 2.45) is 0 Å². The lowest BCUT2D eigenvalue weighted by Crippen LogP contribution is -2.62. The van der Waals surface area contributed by atoms with Gasteiger partial charge in [-0.25, -0.2) is 0 Å². The van der Waals surface area contributed by atoms with Gasteiger partial charge in [0.15, 0.2) is 12.6 Å². The van der Waals surface area contributed by atoms with Crippen molar-refractivity contribution < 1.29 is 33.5 Å². The Kier molecular flexibility index (Phi) is 5.15. The summed E-state index contributed by atoms with van der Waals surface area (Å²) in [5, 5.41) is 10.3. The van der Waals surface area contributed by atoms with Crippen molar-refractivity contribution in [2.45, 2.75) is 37.0 Å². The second kappa shape index (κ2) is 7.12. The molecule has 2 aliphatic rings. The van der Waals surface area contributed by atoms with E-state index in [2.05, 4.69) is 0 Å². The van der Waals surface area contributed by atoms with Crippen LogP contribution in [0.1, 0.15) is 11.9 Å². The van der Waals surface area contributed by atoms with Crippen molar-refractivity contribution >= 4 is 0 Å². The maximum absolute atomic E-state index is 10.3. The lowest BCUT2D eigenvalue weighted by Gasteiger charge is -2.47. The SMILES string of the molecule is COc1ccc(C2OC[C@H]3O[C@@H](OC)[C@@H](O)[C@H](OC)[C@H]3O2)cc1. The average molecular weight is 326 g/mol. The zero-order chi connectivity index (χ0) is 16.4. The van der Waals surface area contributed by atoms with E-state index >= 15 is 0 Å². The van der Waals surface area contributed by atoms with Crippen LogP contribution in [0.4, 0.5) is 0 Å². The van der Waals surface area contributed by atoms with Crippen LogP contribution >= 0.6 is 0 Å². The van der Waals surface area contributed by atoms with Crippen LogP contribution in [-0.2, 0) is 23.7 Å². The molecule has 0 bridgehead atoms. The van der Waals surface area contributed by atoms with Gasteiger partial charge in [-0.15, -0.1) is 0 Å². The molecule has 1 aromatic rings. The molecule has 1 aromatic carbocycles. The highest BCUT2D eigenvalue weighted by Crippen LogP contribution is 2.35. The molecule has 0 saturated carbocycles. The Balaban J connectivity index is 1.75. The lowest BCUT2D eigenvalue weighted by molar-refractivity contribution is -0.360. The molecular formula is C16H22O7. The molecular weight excluding hydrogens is 304 g/mol. The molecule has 0 aliphatic carbocycles. The third-order valence-corrected chi connectivity index (χ3v) is 4.20. The van der Waals surface area contributed by atoms with Crippen molar-refractivity contribution in [3.05, 3.63) is 29.8 Å². The van der Waals surface area contributed by atoms with Gasteiger partial charge in [0, 0.05) is 19.8 Å². The molecule has 1 N–H and O–H groups in total. The number of hydrogen-bond donors (Lipinski definition) is 1. The number of rotatable bonds is 4. The van der Waals surface area contributed by atoms with Crippen LogP contribution in [0.5, 0.6) is 5.75 Å². The van der Waals surface area contributed by atoms with E-state index in [1.165, 1.54) is 14.2 Å². The molecule has 3 rings (SSSR count). The first-order valence-corrected chi connectivity index (χ1v) is 7.48. The summed E-state index contributed by atoms with van der Waals surface area (Å²) >= 11 is 0. The zero-order valence-electron chi connectivity index (χ0n) is 13.4. The van der Waals surface area contributed by atoms with E-state index in [9.17, 15) is 5.11 Å². The number of ether oxygens (including phenoxy) is 6. The van der Waals surface area contributed by atoms with E-state index in [1.54, 1.807) is 7.11 Å². The summed E-state index contributed by atoms with van der Waals surface area (Å²) in [6.07, 6.45) is -3.59. The maximum atomic E-state index is 10.3. The van der Waals surface area contributed by atoms with Crippen molar-refractivity contribution in [3.63, 3.8) is 0 Å². The molecule has 0 amide bonds. The molecule has 2 saturated heterocycles. The van der Waals surface area contributed by atoms with Gasteiger partial charge >= 0.3 is 0 Å². The van der Waals surface area contributed by atoms with Gasteiger partial charge < -0.3 is 33.5 Å². The largest absolute Gasteiger partial charge is 0.497 e. The first kappa shape index (κ1) is 16.6. The van der Waals surface area contributed by atoms with E-state index in [0.29, 0.717) is 6.61 Å². The predicted molar refractivity (Wildman–Crippen MR) is 79.0 cm³/mol. The van der Waals surface area contributed by atoms with Crippen LogP contribution in [0.25, 0.3) is 0 Å². The average Bonchev–Trinajstić information content (AvgIpc) is 2.61. The van der Waals surface area contributed by atoms with Crippen LogP contribution in [0.2, 0.25) is 0 Å². The third kappa shape index (κ3) is 3.21. The van der Waals surface area contributed by atoms with Crippen LogP contribution in [0, 0.1) is 0 Å². The smallest absolute Gasteiger partial charge is 0.186 e. The van der Waals surface area contributed by atoms with Gasteiger partial charge in [0.05, 0.1) is 13.7 Å². The minimum Gasteiger partial charge on any atom is -0.497 e. The van der Waals surface area contributed by atoms with Crippen LogP contribution in [0.3, 0.4) is 0 Å². The van der Waals surface area contributed by atoms with Crippen molar-refractivity contribution in [2.75, 3.05) is 27.9 Å². The summed E-state index contributed by atoms with van der Waals surface area (Å²) < 4.78 is 33.1. The van der Waals surface area contributed by atoms with Crippen LogP contribution in [-0.4, -0.2) is 63.7 Å². The Labute approximate surface area is 135 Å². The standard InChI is InChI=1S/C16H22O7/c1-18-10-6-4-9(5-7-10)15-21-8-11-13(23-15)14(19-2)12(17)16(20-3)22-11/h4-7,11-17H,8H2,1-3H3/t11-,12+,13+,14+,15?,16-/m1/s1. The Morgan fingerprint density at radius 3 is 2.39 bits per heavy atom. The Hall–Kier alpha value is -1.22. The minimum absolute atomic E-state index is 0.327. The first-order valence-electron chi connectivity index (χ1n) is 7.48. The molecule has 6 atom stereocenters.